The van der Waals surface area contributed by atoms with Crippen LogP contribution in [0.2, 0.25) is 5.02 Å². The second kappa shape index (κ2) is 8.27. The van der Waals surface area contributed by atoms with Crippen molar-refractivity contribution in [2.75, 3.05) is 19.8 Å². The Morgan fingerprint density at radius 1 is 1.04 bits per heavy atom. The van der Waals surface area contributed by atoms with E-state index in [9.17, 15) is 9.00 Å². The number of hydrogen-bond acceptors (Lipinski definition) is 2. The van der Waals surface area contributed by atoms with Crippen LogP contribution in [0.15, 0.2) is 53.4 Å². The first-order valence-corrected chi connectivity index (χ1v) is 9.30. The third-order valence-corrected chi connectivity index (χ3v) is 4.87. The van der Waals surface area contributed by atoms with Crippen molar-refractivity contribution < 1.29 is 9.00 Å². The maximum Gasteiger partial charge on any atom is 0.226 e. The van der Waals surface area contributed by atoms with Crippen molar-refractivity contribution in [1.29, 1.82) is 0 Å². The molecule has 0 bridgehead atoms. The zero-order valence-corrected chi connectivity index (χ0v) is 14.9. The fraction of sp³-hybridized carbons (Fsp3) is 0.278. The average Bonchev–Trinajstić information content (AvgIpc) is 2.54. The molecule has 2 rings (SSSR count). The Morgan fingerprint density at radius 3 is 2.17 bits per heavy atom. The summed E-state index contributed by atoms with van der Waals surface area (Å²) >= 11 is 5.86. The van der Waals surface area contributed by atoms with Crippen molar-refractivity contribution >= 4 is 28.3 Å². The van der Waals surface area contributed by atoms with Crippen molar-refractivity contribution in [2.45, 2.75) is 17.7 Å². The van der Waals surface area contributed by atoms with Gasteiger partial charge < -0.3 is 4.90 Å². The van der Waals surface area contributed by atoms with Gasteiger partial charge in [0.2, 0.25) is 5.91 Å². The molecule has 1 amide bonds. The Kier molecular flexibility index (Phi) is 6.37. The summed E-state index contributed by atoms with van der Waals surface area (Å²) in [5.41, 5.74) is 2.09. The molecule has 0 aliphatic carbocycles. The van der Waals surface area contributed by atoms with Gasteiger partial charge in [-0.25, -0.2) is 0 Å². The number of halogens is 1. The van der Waals surface area contributed by atoms with E-state index >= 15 is 0 Å². The molecular weight excluding hydrogens is 330 g/mol. The molecule has 0 spiro atoms. The van der Waals surface area contributed by atoms with Crippen molar-refractivity contribution in [3.8, 4) is 0 Å². The van der Waals surface area contributed by atoms with Crippen LogP contribution in [-0.2, 0) is 28.4 Å². The molecule has 0 saturated carbocycles. The Hall–Kier alpha value is -1.65. The molecular formula is C18H20ClNO2S. The molecule has 5 heteroatoms. The highest BCUT2D eigenvalue weighted by molar-refractivity contribution is 7.84. The second-order valence-corrected chi connectivity index (χ2v) is 7.28. The highest BCUT2D eigenvalue weighted by Crippen LogP contribution is 2.11. The zero-order valence-electron chi connectivity index (χ0n) is 13.3. The van der Waals surface area contributed by atoms with E-state index in [2.05, 4.69) is 0 Å². The summed E-state index contributed by atoms with van der Waals surface area (Å²) in [6.45, 7) is 0.664. The molecule has 2 aromatic rings. The van der Waals surface area contributed by atoms with Gasteiger partial charge in [0.1, 0.15) is 0 Å². The van der Waals surface area contributed by atoms with E-state index < -0.39 is 10.8 Å². The van der Waals surface area contributed by atoms with Gasteiger partial charge in [0.05, 0.1) is 6.42 Å². The normalized spacial score (nSPS) is 12.0. The SMILES string of the molecule is CN(CCc1ccc(Cl)cc1)C(=O)Cc1ccc([S@](C)=O)cc1. The number of amides is 1. The quantitative estimate of drug-likeness (QED) is 0.802. The smallest absolute Gasteiger partial charge is 0.226 e. The van der Waals surface area contributed by atoms with Gasteiger partial charge in [-0.05, 0) is 41.8 Å². The molecule has 0 aliphatic rings. The number of carbonyl (C=O) groups excluding carboxylic acids is 1. The summed E-state index contributed by atoms with van der Waals surface area (Å²) in [5.74, 6) is 0.0735. The van der Waals surface area contributed by atoms with Crippen LogP contribution in [0.3, 0.4) is 0 Å². The molecule has 0 N–H and O–H groups in total. The molecule has 0 saturated heterocycles. The van der Waals surface area contributed by atoms with Crippen LogP contribution in [0, 0.1) is 0 Å². The first kappa shape index (κ1) is 17.7. The Labute approximate surface area is 144 Å². The molecule has 1 atom stereocenters. The average molecular weight is 350 g/mol. The van der Waals surface area contributed by atoms with Gasteiger partial charge in [-0.15, -0.1) is 0 Å². The fourth-order valence-electron chi connectivity index (χ4n) is 2.18. The number of carbonyl (C=O) groups is 1. The van der Waals surface area contributed by atoms with E-state index in [-0.39, 0.29) is 5.91 Å². The lowest BCUT2D eigenvalue weighted by Gasteiger charge is -2.17. The second-order valence-electron chi connectivity index (χ2n) is 5.47. The highest BCUT2D eigenvalue weighted by Gasteiger charge is 2.10. The van der Waals surface area contributed by atoms with E-state index in [1.807, 2.05) is 55.6 Å². The van der Waals surface area contributed by atoms with Gasteiger partial charge in [-0.2, -0.15) is 0 Å². The van der Waals surface area contributed by atoms with Crippen molar-refractivity contribution in [3.63, 3.8) is 0 Å². The third kappa shape index (κ3) is 5.48. The standard InChI is InChI=1S/C18H20ClNO2S/c1-20(12-11-14-3-7-16(19)8-4-14)18(21)13-15-5-9-17(10-6-15)23(2)22/h3-10H,11-13H2,1-2H3/t23-/m0/s1. The monoisotopic (exact) mass is 349 g/mol. The first-order valence-electron chi connectivity index (χ1n) is 7.36. The van der Waals surface area contributed by atoms with Crippen LogP contribution < -0.4 is 0 Å². The lowest BCUT2D eigenvalue weighted by atomic mass is 10.1. The molecule has 0 fully saturated rings. The Balaban J connectivity index is 1.86. The van der Waals surface area contributed by atoms with Crippen LogP contribution in [0.25, 0.3) is 0 Å². The largest absolute Gasteiger partial charge is 0.345 e. The van der Waals surface area contributed by atoms with E-state index in [0.29, 0.717) is 13.0 Å². The minimum atomic E-state index is -0.989. The molecule has 0 aliphatic heterocycles. The van der Waals surface area contributed by atoms with Crippen LogP contribution in [0.1, 0.15) is 11.1 Å². The highest BCUT2D eigenvalue weighted by atomic mass is 35.5. The molecule has 0 unspecified atom stereocenters. The van der Waals surface area contributed by atoms with Gasteiger partial charge in [0.25, 0.3) is 0 Å². The van der Waals surface area contributed by atoms with Gasteiger partial charge >= 0.3 is 0 Å². The van der Waals surface area contributed by atoms with Gasteiger partial charge in [0.15, 0.2) is 0 Å². The van der Waals surface area contributed by atoms with E-state index in [4.69, 9.17) is 11.6 Å². The molecule has 2 aromatic carbocycles. The third-order valence-electron chi connectivity index (χ3n) is 3.69. The number of rotatable bonds is 6. The maximum absolute atomic E-state index is 12.3. The lowest BCUT2D eigenvalue weighted by molar-refractivity contribution is -0.129. The molecule has 122 valence electrons. The number of nitrogens with zero attached hydrogens (tertiary/aromatic N) is 1. The summed E-state index contributed by atoms with van der Waals surface area (Å²) in [5, 5.41) is 0.717. The van der Waals surface area contributed by atoms with Crippen molar-refractivity contribution in [2.24, 2.45) is 0 Å². The zero-order chi connectivity index (χ0) is 16.8. The number of hydrogen-bond donors (Lipinski definition) is 0. The van der Waals surface area contributed by atoms with E-state index in [1.54, 1.807) is 11.2 Å². The first-order chi connectivity index (χ1) is 11.0. The van der Waals surface area contributed by atoms with Crippen LogP contribution in [-0.4, -0.2) is 34.9 Å². The lowest BCUT2D eigenvalue weighted by Crippen LogP contribution is -2.30. The Bertz CT molecular complexity index is 683. The maximum atomic E-state index is 12.3. The van der Waals surface area contributed by atoms with Gasteiger partial charge in [-0.1, -0.05) is 35.9 Å². The summed E-state index contributed by atoms with van der Waals surface area (Å²) in [6, 6.07) is 15.0. The number of likely N-dealkylation sites (N-methyl/N-ethyl adjacent to an activating group) is 1. The fourth-order valence-corrected chi connectivity index (χ4v) is 2.83. The van der Waals surface area contributed by atoms with Crippen LogP contribution in [0.4, 0.5) is 0 Å². The van der Waals surface area contributed by atoms with Gasteiger partial charge in [-0.3, -0.25) is 9.00 Å². The summed E-state index contributed by atoms with van der Waals surface area (Å²) in [4.78, 5) is 14.8. The molecule has 0 heterocycles. The minimum absolute atomic E-state index is 0.0735. The predicted molar refractivity (Wildman–Crippen MR) is 95.3 cm³/mol. The van der Waals surface area contributed by atoms with Crippen LogP contribution >= 0.6 is 11.6 Å². The number of benzene rings is 2. The summed E-state index contributed by atoms with van der Waals surface area (Å²) in [7, 11) is 0.824. The summed E-state index contributed by atoms with van der Waals surface area (Å²) < 4.78 is 11.4. The molecule has 23 heavy (non-hydrogen) atoms. The van der Waals surface area contributed by atoms with Crippen molar-refractivity contribution in [1.82, 2.24) is 4.90 Å². The predicted octanol–water partition coefficient (Wildman–Crippen LogP) is 3.32. The van der Waals surface area contributed by atoms with Crippen LogP contribution in [0.5, 0.6) is 0 Å². The minimum Gasteiger partial charge on any atom is -0.345 e. The Morgan fingerprint density at radius 2 is 1.61 bits per heavy atom. The van der Waals surface area contributed by atoms with Gasteiger partial charge in [0, 0.05) is 40.6 Å². The summed E-state index contributed by atoms with van der Waals surface area (Å²) in [6.07, 6.45) is 2.80. The molecule has 3 nitrogen and oxygen atoms in total. The van der Waals surface area contributed by atoms with Crippen molar-refractivity contribution in [3.05, 3.63) is 64.7 Å². The molecule has 0 aromatic heterocycles. The van der Waals surface area contributed by atoms with E-state index in [0.717, 1.165) is 27.5 Å². The molecule has 0 radical (unpaired) electrons. The van der Waals surface area contributed by atoms with E-state index in [1.165, 1.54) is 0 Å². The topological polar surface area (TPSA) is 37.4 Å².